The summed E-state index contributed by atoms with van der Waals surface area (Å²) >= 11 is 6.89. The molecular weight excluding hydrogens is 383 g/mol. The number of nitrogens with zero attached hydrogens (tertiary/aromatic N) is 2. The van der Waals surface area contributed by atoms with E-state index in [1.807, 2.05) is 0 Å². The van der Waals surface area contributed by atoms with Crippen LogP contribution in [-0.4, -0.2) is 46.8 Å². The Hall–Kier alpha value is -1.49. The molecule has 2 aromatic rings. The van der Waals surface area contributed by atoms with Crippen LogP contribution in [0.25, 0.3) is 11.0 Å². The highest BCUT2D eigenvalue weighted by atomic mass is 35.5. The molecule has 136 valence electrons. The molecule has 0 bridgehead atoms. The molecular formula is C14H13ClF3N3O3S. The van der Waals surface area contributed by atoms with Crippen LogP contribution in [0.3, 0.4) is 0 Å². The SMILES string of the molecule is O=C(Nc1c(Cl)ccc2nsnc12)C(CC1COCCO1)C(F)(F)F. The van der Waals surface area contributed by atoms with Gasteiger partial charge in [-0.15, -0.1) is 0 Å². The number of fused-ring (bicyclic) bond motifs is 1. The number of halogens is 4. The largest absolute Gasteiger partial charge is 0.400 e. The van der Waals surface area contributed by atoms with Gasteiger partial charge in [0, 0.05) is 0 Å². The Labute approximate surface area is 149 Å². The minimum Gasteiger partial charge on any atom is -0.376 e. The van der Waals surface area contributed by atoms with E-state index in [1.165, 1.54) is 6.07 Å². The van der Waals surface area contributed by atoms with Gasteiger partial charge in [0.2, 0.25) is 5.91 Å². The quantitative estimate of drug-likeness (QED) is 0.860. The van der Waals surface area contributed by atoms with Crippen molar-refractivity contribution in [2.75, 3.05) is 25.1 Å². The van der Waals surface area contributed by atoms with Crippen LogP contribution in [0.1, 0.15) is 6.42 Å². The molecule has 1 aromatic carbocycles. The summed E-state index contributed by atoms with van der Waals surface area (Å²) in [5.74, 6) is -3.47. The number of amides is 1. The molecule has 2 heterocycles. The Morgan fingerprint density at radius 2 is 2.20 bits per heavy atom. The monoisotopic (exact) mass is 395 g/mol. The third-order valence-electron chi connectivity index (χ3n) is 3.72. The fourth-order valence-corrected chi connectivity index (χ4v) is 3.22. The van der Waals surface area contributed by atoms with Crippen molar-refractivity contribution in [3.8, 4) is 0 Å². The maximum absolute atomic E-state index is 13.4. The van der Waals surface area contributed by atoms with E-state index in [0.29, 0.717) is 12.1 Å². The summed E-state index contributed by atoms with van der Waals surface area (Å²) in [5.41, 5.74) is 0.717. The van der Waals surface area contributed by atoms with Crippen molar-refractivity contribution < 1.29 is 27.4 Å². The van der Waals surface area contributed by atoms with Gasteiger partial charge in [-0.25, -0.2) is 0 Å². The van der Waals surface area contributed by atoms with Gasteiger partial charge < -0.3 is 14.8 Å². The molecule has 25 heavy (non-hydrogen) atoms. The van der Waals surface area contributed by atoms with E-state index in [2.05, 4.69) is 14.1 Å². The Morgan fingerprint density at radius 1 is 1.40 bits per heavy atom. The normalized spacial score (nSPS) is 19.8. The van der Waals surface area contributed by atoms with Gasteiger partial charge in [0.15, 0.2) is 0 Å². The summed E-state index contributed by atoms with van der Waals surface area (Å²) in [5, 5.41) is 2.34. The zero-order valence-electron chi connectivity index (χ0n) is 12.7. The number of carbonyl (C=O) groups excluding carboxylic acids is 1. The molecule has 6 nitrogen and oxygen atoms in total. The van der Waals surface area contributed by atoms with Gasteiger partial charge in [0.05, 0.1) is 48.4 Å². The van der Waals surface area contributed by atoms with E-state index in [1.54, 1.807) is 6.07 Å². The molecule has 0 spiro atoms. The third-order valence-corrected chi connectivity index (χ3v) is 4.58. The molecule has 1 amide bonds. The number of nitrogens with one attached hydrogen (secondary N) is 1. The Balaban J connectivity index is 1.82. The van der Waals surface area contributed by atoms with Crippen molar-refractivity contribution in [1.82, 2.24) is 8.75 Å². The molecule has 0 radical (unpaired) electrons. The molecule has 1 aliphatic heterocycles. The van der Waals surface area contributed by atoms with Crippen LogP contribution in [0.4, 0.5) is 18.9 Å². The molecule has 2 unspecified atom stereocenters. The van der Waals surface area contributed by atoms with Gasteiger partial charge in [0.25, 0.3) is 0 Å². The first-order chi connectivity index (χ1) is 11.9. The zero-order chi connectivity index (χ0) is 18.0. The Bertz CT molecular complexity index is 765. The number of benzene rings is 1. The highest BCUT2D eigenvalue weighted by Gasteiger charge is 2.46. The Kier molecular flexibility index (Phi) is 5.42. The number of aromatic nitrogens is 2. The van der Waals surface area contributed by atoms with E-state index in [9.17, 15) is 18.0 Å². The van der Waals surface area contributed by atoms with E-state index in [-0.39, 0.29) is 29.4 Å². The number of anilines is 1. The van der Waals surface area contributed by atoms with Crippen LogP contribution in [0.2, 0.25) is 5.02 Å². The van der Waals surface area contributed by atoms with E-state index in [0.717, 1.165) is 11.7 Å². The summed E-state index contributed by atoms with van der Waals surface area (Å²) in [4.78, 5) is 12.3. The van der Waals surface area contributed by atoms with Crippen LogP contribution in [0.5, 0.6) is 0 Å². The molecule has 1 aliphatic rings. The van der Waals surface area contributed by atoms with E-state index >= 15 is 0 Å². The number of hydrogen-bond acceptors (Lipinski definition) is 6. The highest BCUT2D eigenvalue weighted by molar-refractivity contribution is 7.00. The molecule has 11 heteroatoms. The van der Waals surface area contributed by atoms with Gasteiger partial charge >= 0.3 is 6.18 Å². The fraction of sp³-hybridized carbons (Fsp3) is 0.500. The van der Waals surface area contributed by atoms with E-state index in [4.69, 9.17) is 21.1 Å². The predicted molar refractivity (Wildman–Crippen MR) is 85.8 cm³/mol. The smallest absolute Gasteiger partial charge is 0.376 e. The average Bonchev–Trinajstić information content (AvgIpc) is 3.04. The first kappa shape index (κ1) is 18.3. The van der Waals surface area contributed by atoms with Crippen LogP contribution < -0.4 is 5.32 Å². The van der Waals surface area contributed by atoms with Crippen LogP contribution >= 0.6 is 23.3 Å². The summed E-state index contributed by atoms with van der Waals surface area (Å²) in [6.45, 7) is 0.548. The zero-order valence-corrected chi connectivity index (χ0v) is 14.2. The lowest BCUT2D eigenvalue weighted by Crippen LogP contribution is -2.40. The maximum Gasteiger partial charge on any atom is 0.400 e. The van der Waals surface area contributed by atoms with Gasteiger partial charge in [-0.3, -0.25) is 4.79 Å². The Morgan fingerprint density at radius 3 is 2.88 bits per heavy atom. The van der Waals surface area contributed by atoms with Gasteiger partial charge in [-0.2, -0.15) is 21.9 Å². The van der Waals surface area contributed by atoms with Crippen LogP contribution in [0, 0.1) is 5.92 Å². The van der Waals surface area contributed by atoms with Crippen LogP contribution in [-0.2, 0) is 14.3 Å². The van der Waals surface area contributed by atoms with Gasteiger partial charge in [-0.05, 0) is 18.6 Å². The summed E-state index contributed by atoms with van der Waals surface area (Å²) in [6.07, 6.45) is -6.05. The lowest BCUT2D eigenvalue weighted by atomic mass is 9.99. The van der Waals surface area contributed by atoms with Crippen molar-refractivity contribution in [2.45, 2.75) is 18.7 Å². The first-order valence-electron chi connectivity index (χ1n) is 7.34. The number of ether oxygens (including phenoxy) is 2. The highest BCUT2D eigenvalue weighted by Crippen LogP contribution is 2.35. The van der Waals surface area contributed by atoms with Crippen molar-refractivity contribution in [1.29, 1.82) is 0 Å². The molecule has 1 fully saturated rings. The fourth-order valence-electron chi connectivity index (χ4n) is 2.48. The van der Waals surface area contributed by atoms with Crippen molar-refractivity contribution in [3.05, 3.63) is 17.2 Å². The maximum atomic E-state index is 13.4. The van der Waals surface area contributed by atoms with Gasteiger partial charge in [0.1, 0.15) is 17.0 Å². The molecule has 0 saturated carbocycles. The summed E-state index contributed by atoms with van der Waals surface area (Å²) < 4.78 is 58.4. The minimum absolute atomic E-state index is 0.0200. The topological polar surface area (TPSA) is 73.3 Å². The predicted octanol–water partition coefficient (Wildman–Crippen LogP) is 3.27. The number of rotatable bonds is 4. The second-order valence-electron chi connectivity index (χ2n) is 5.44. The standard InChI is InChI=1S/C14H13ClF3N3O3S/c15-9-1-2-10-12(21-25-20-10)11(9)19-13(22)8(14(16,17)18)5-7-6-23-3-4-24-7/h1-2,7-8H,3-6H2,(H,19,22). The number of carbonyl (C=O) groups is 1. The number of hydrogen-bond donors (Lipinski definition) is 1. The molecule has 1 aromatic heterocycles. The minimum atomic E-state index is -4.73. The number of alkyl halides is 3. The molecule has 0 aliphatic carbocycles. The third kappa shape index (κ3) is 4.20. The first-order valence-corrected chi connectivity index (χ1v) is 8.45. The average molecular weight is 396 g/mol. The molecule has 1 N–H and O–H groups in total. The molecule has 3 rings (SSSR count). The van der Waals surface area contributed by atoms with Crippen molar-refractivity contribution >= 4 is 46.0 Å². The van der Waals surface area contributed by atoms with E-state index < -0.39 is 30.5 Å². The van der Waals surface area contributed by atoms with Crippen LogP contribution in [0.15, 0.2) is 12.1 Å². The second-order valence-corrected chi connectivity index (χ2v) is 6.38. The molecule has 2 atom stereocenters. The van der Waals surface area contributed by atoms with Crippen molar-refractivity contribution in [2.24, 2.45) is 5.92 Å². The lowest BCUT2D eigenvalue weighted by Gasteiger charge is -2.27. The summed E-state index contributed by atoms with van der Waals surface area (Å²) in [7, 11) is 0. The van der Waals surface area contributed by atoms with Crippen molar-refractivity contribution in [3.63, 3.8) is 0 Å². The van der Waals surface area contributed by atoms with Gasteiger partial charge in [-0.1, -0.05) is 11.6 Å². The second kappa shape index (κ2) is 7.40. The lowest BCUT2D eigenvalue weighted by molar-refractivity contribution is -0.192. The molecule has 1 saturated heterocycles. The summed E-state index contributed by atoms with van der Waals surface area (Å²) in [6, 6.07) is 3.02.